The maximum absolute atomic E-state index is 5.90. The summed E-state index contributed by atoms with van der Waals surface area (Å²) in [5.74, 6) is 1.53. The van der Waals surface area contributed by atoms with Gasteiger partial charge < -0.3 is 15.4 Å². The Morgan fingerprint density at radius 3 is 2.90 bits per heavy atom. The zero-order valence-corrected chi connectivity index (χ0v) is 13.4. The van der Waals surface area contributed by atoms with E-state index >= 15 is 0 Å². The fraction of sp³-hybridized carbons (Fsp3) is 0.267. The van der Waals surface area contributed by atoms with E-state index in [-0.39, 0.29) is 0 Å². The second-order valence-corrected chi connectivity index (χ2v) is 5.71. The molecule has 0 saturated heterocycles. The second-order valence-electron chi connectivity index (χ2n) is 4.24. The van der Waals surface area contributed by atoms with Gasteiger partial charge in [-0.2, -0.15) is 0 Å². The third-order valence-corrected chi connectivity index (χ3v) is 3.80. The average molecular weight is 324 g/mol. The Morgan fingerprint density at radius 1 is 1.29 bits per heavy atom. The fourth-order valence-corrected chi connectivity index (χ4v) is 2.52. The molecule has 2 rings (SSSR count). The minimum Gasteiger partial charge on any atom is -0.492 e. The first-order valence-electron chi connectivity index (χ1n) is 6.63. The Bertz CT molecular complexity index is 572. The van der Waals surface area contributed by atoms with Crippen molar-refractivity contribution in [3.63, 3.8) is 0 Å². The average Bonchev–Trinajstić information content (AvgIpc) is 3.00. The van der Waals surface area contributed by atoms with E-state index in [9.17, 15) is 0 Å². The number of hydrogen-bond acceptors (Lipinski definition) is 3. The molecule has 0 radical (unpaired) electrons. The van der Waals surface area contributed by atoms with E-state index in [0.29, 0.717) is 18.2 Å². The third-order valence-electron chi connectivity index (χ3n) is 2.69. The summed E-state index contributed by atoms with van der Waals surface area (Å²) >= 11 is 7.62. The Balaban J connectivity index is 1.66. The Morgan fingerprint density at radius 2 is 2.19 bits per heavy atom. The summed E-state index contributed by atoms with van der Waals surface area (Å²) in [7, 11) is 1.75. The maximum atomic E-state index is 5.90. The lowest BCUT2D eigenvalue weighted by molar-refractivity contribution is 0.322. The summed E-state index contributed by atoms with van der Waals surface area (Å²) in [6.45, 7) is 1.98. The van der Waals surface area contributed by atoms with E-state index in [4.69, 9.17) is 16.3 Å². The van der Waals surface area contributed by atoms with Gasteiger partial charge in [-0.3, -0.25) is 4.99 Å². The molecule has 21 heavy (non-hydrogen) atoms. The Kier molecular flexibility index (Phi) is 6.37. The minimum absolute atomic E-state index is 0.542. The maximum Gasteiger partial charge on any atom is 0.191 e. The van der Waals surface area contributed by atoms with Crippen molar-refractivity contribution in [2.45, 2.75) is 6.54 Å². The first-order chi connectivity index (χ1) is 10.3. The zero-order valence-electron chi connectivity index (χ0n) is 11.8. The number of hydrogen-bond donors (Lipinski definition) is 2. The highest BCUT2D eigenvalue weighted by molar-refractivity contribution is 7.09. The largest absolute Gasteiger partial charge is 0.492 e. The van der Waals surface area contributed by atoms with Crippen molar-refractivity contribution in [3.05, 3.63) is 51.7 Å². The predicted molar refractivity (Wildman–Crippen MR) is 89.5 cm³/mol. The molecule has 6 heteroatoms. The van der Waals surface area contributed by atoms with Crippen molar-refractivity contribution in [2.75, 3.05) is 20.2 Å². The number of ether oxygens (including phenoxy) is 1. The van der Waals surface area contributed by atoms with Crippen molar-refractivity contribution in [1.82, 2.24) is 10.6 Å². The molecule has 0 atom stereocenters. The number of benzene rings is 1. The van der Waals surface area contributed by atoms with Crippen molar-refractivity contribution < 1.29 is 4.74 Å². The molecule has 0 bridgehead atoms. The summed E-state index contributed by atoms with van der Waals surface area (Å²) < 4.78 is 5.60. The molecule has 0 aliphatic carbocycles. The van der Waals surface area contributed by atoms with Crippen molar-refractivity contribution in [3.8, 4) is 5.75 Å². The van der Waals surface area contributed by atoms with Crippen LogP contribution in [0.5, 0.6) is 5.75 Å². The van der Waals surface area contributed by atoms with Crippen LogP contribution in [0.4, 0.5) is 0 Å². The Labute approximate surface area is 133 Å². The quantitative estimate of drug-likeness (QED) is 0.487. The van der Waals surface area contributed by atoms with Gasteiger partial charge in [0.05, 0.1) is 13.1 Å². The van der Waals surface area contributed by atoms with Gasteiger partial charge in [-0.25, -0.2) is 0 Å². The molecule has 0 aliphatic rings. The highest BCUT2D eigenvalue weighted by Gasteiger charge is 1.99. The van der Waals surface area contributed by atoms with Gasteiger partial charge >= 0.3 is 0 Å². The number of nitrogens with one attached hydrogen (secondary N) is 2. The van der Waals surface area contributed by atoms with Gasteiger partial charge in [0.25, 0.3) is 0 Å². The number of halogens is 1. The molecule has 0 fully saturated rings. The molecule has 0 saturated carbocycles. The third kappa shape index (κ3) is 5.65. The summed E-state index contributed by atoms with van der Waals surface area (Å²) in [4.78, 5) is 5.44. The zero-order chi connectivity index (χ0) is 14.9. The summed E-state index contributed by atoms with van der Waals surface area (Å²) in [5, 5.41) is 9.19. The number of thiophene rings is 1. The molecule has 2 aromatic rings. The first-order valence-corrected chi connectivity index (χ1v) is 7.89. The normalized spacial score (nSPS) is 11.2. The van der Waals surface area contributed by atoms with Gasteiger partial charge in [0.15, 0.2) is 5.96 Å². The van der Waals surface area contributed by atoms with Gasteiger partial charge in [-0.15, -0.1) is 11.3 Å². The predicted octanol–water partition coefficient (Wildman–Crippen LogP) is 3.15. The van der Waals surface area contributed by atoms with Gasteiger partial charge in [-0.05, 0) is 29.6 Å². The lowest BCUT2D eigenvalue weighted by Crippen LogP contribution is -2.38. The van der Waals surface area contributed by atoms with Crippen LogP contribution in [0.15, 0.2) is 46.8 Å². The van der Waals surface area contributed by atoms with Crippen LogP contribution in [-0.4, -0.2) is 26.2 Å². The smallest absolute Gasteiger partial charge is 0.191 e. The van der Waals surface area contributed by atoms with Crippen LogP contribution < -0.4 is 15.4 Å². The molecule has 0 amide bonds. The standard InChI is InChI=1S/C15H18ClN3OS/c1-17-15(19-11-14-6-3-9-21-14)18-7-8-20-13-5-2-4-12(16)10-13/h2-6,9-10H,7-8,11H2,1H3,(H2,17,18,19). The van der Waals surface area contributed by atoms with E-state index < -0.39 is 0 Å². The number of aliphatic imine (C=N–C) groups is 1. The highest BCUT2D eigenvalue weighted by Crippen LogP contribution is 2.16. The van der Waals surface area contributed by atoms with Gasteiger partial charge in [0.2, 0.25) is 0 Å². The highest BCUT2D eigenvalue weighted by atomic mass is 35.5. The molecule has 1 heterocycles. The van der Waals surface area contributed by atoms with E-state index in [2.05, 4.69) is 27.1 Å². The van der Waals surface area contributed by atoms with E-state index in [1.807, 2.05) is 24.3 Å². The molecule has 0 aliphatic heterocycles. The van der Waals surface area contributed by atoms with Crippen LogP contribution >= 0.6 is 22.9 Å². The lowest BCUT2D eigenvalue weighted by Gasteiger charge is -2.12. The monoisotopic (exact) mass is 323 g/mol. The molecule has 112 valence electrons. The van der Waals surface area contributed by atoms with Crippen molar-refractivity contribution in [2.24, 2.45) is 4.99 Å². The van der Waals surface area contributed by atoms with Crippen LogP contribution in [0.25, 0.3) is 0 Å². The van der Waals surface area contributed by atoms with E-state index in [0.717, 1.165) is 18.3 Å². The molecule has 1 aromatic carbocycles. The first kappa shape index (κ1) is 15.7. The van der Waals surface area contributed by atoms with E-state index in [1.54, 1.807) is 24.5 Å². The van der Waals surface area contributed by atoms with Gasteiger partial charge in [-0.1, -0.05) is 23.7 Å². The summed E-state index contributed by atoms with van der Waals surface area (Å²) in [6, 6.07) is 11.5. The van der Waals surface area contributed by atoms with Crippen LogP contribution in [0.1, 0.15) is 4.88 Å². The second kappa shape index (κ2) is 8.54. The molecular weight excluding hydrogens is 306 g/mol. The van der Waals surface area contributed by atoms with Crippen LogP contribution in [0.2, 0.25) is 5.02 Å². The molecule has 0 unspecified atom stereocenters. The molecular formula is C15H18ClN3OS. The van der Waals surface area contributed by atoms with Gasteiger partial charge in [0, 0.05) is 16.9 Å². The summed E-state index contributed by atoms with van der Waals surface area (Å²) in [5.41, 5.74) is 0. The van der Waals surface area contributed by atoms with Crippen LogP contribution in [-0.2, 0) is 6.54 Å². The molecule has 2 N–H and O–H groups in total. The van der Waals surface area contributed by atoms with Crippen LogP contribution in [0, 0.1) is 0 Å². The number of nitrogens with zero attached hydrogens (tertiary/aromatic N) is 1. The number of guanidine groups is 1. The molecule has 0 spiro atoms. The van der Waals surface area contributed by atoms with Crippen LogP contribution in [0.3, 0.4) is 0 Å². The minimum atomic E-state index is 0.542. The molecule has 4 nitrogen and oxygen atoms in total. The molecule has 1 aromatic heterocycles. The SMILES string of the molecule is CN=C(NCCOc1cccc(Cl)c1)NCc1cccs1. The number of rotatable bonds is 6. The van der Waals surface area contributed by atoms with E-state index in [1.165, 1.54) is 4.88 Å². The fourth-order valence-electron chi connectivity index (χ4n) is 1.70. The van der Waals surface area contributed by atoms with Crippen molar-refractivity contribution >= 4 is 28.9 Å². The van der Waals surface area contributed by atoms with Crippen molar-refractivity contribution in [1.29, 1.82) is 0 Å². The topological polar surface area (TPSA) is 45.7 Å². The Hall–Kier alpha value is -1.72. The lowest BCUT2D eigenvalue weighted by atomic mass is 10.3. The summed E-state index contributed by atoms with van der Waals surface area (Å²) in [6.07, 6.45) is 0. The van der Waals surface area contributed by atoms with Gasteiger partial charge in [0.1, 0.15) is 12.4 Å².